The summed E-state index contributed by atoms with van der Waals surface area (Å²) in [5, 5.41) is 8.58. The van der Waals surface area contributed by atoms with Gasteiger partial charge in [-0.3, -0.25) is 9.00 Å². The van der Waals surface area contributed by atoms with Crippen LogP contribution >= 0.6 is 0 Å². The van der Waals surface area contributed by atoms with Crippen LogP contribution in [0.25, 0.3) is 0 Å². The maximum absolute atomic E-state index is 11.7. The molecule has 0 amide bonds. The third-order valence-electron chi connectivity index (χ3n) is 2.00. The molecule has 0 saturated heterocycles. The van der Waals surface area contributed by atoms with Gasteiger partial charge in [-0.15, -0.1) is 0 Å². The van der Waals surface area contributed by atoms with E-state index in [-0.39, 0.29) is 23.9 Å². The average molecular weight is 242 g/mol. The van der Waals surface area contributed by atoms with E-state index in [4.69, 9.17) is 9.84 Å². The van der Waals surface area contributed by atoms with Gasteiger partial charge >= 0.3 is 0 Å². The van der Waals surface area contributed by atoms with Crippen LogP contribution in [0.3, 0.4) is 0 Å². The number of aliphatic hydroxyl groups is 1. The largest absolute Gasteiger partial charge is 0.497 e. The molecule has 0 aliphatic carbocycles. The zero-order valence-corrected chi connectivity index (χ0v) is 9.83. The number of ether oxygens (including phenoxy) is 1. The molecule has 16 heavy (non-hydrogen) atoms. The van der Waals surface area contributed by atoms with E-state index >= 15 is 0 Å². The van der Waals surface area contributed by atoms with Crippen LogP contribution in [0.1, 0.15) is 10.4 Å². The van der Waals surface area contributed by atoms with Crippen LogP contribution < -0.4 is 4.74 Å². The number of rotatable bonds is 6. The number of benzene rings is 1. The number of Topliss-reactive ketones (excluding diaryl/α,β-unsaturated/α-hetero) is 1. The van der Waals surface area contributed by atoms with Crippen LogP contribution in [0.5, 0.6) is 5.75 Å². The number of methoxy groups -OCH3 is 1. The minimum Gasteiger partial charge on any atom is -0.497 e. The summed E-state index contributed by atoms with van der Waals surface area (Å²) in [4.78, 5) is 11.7. The predicted octanol–water partition coefficient (Wildman–Crippen LogP) is 0.619. The number of hydrogen-bond donors (Lipinski definition) is 1. The van der Waals surface area contributed by atoms with Crippen molar-refractivity contribution >= 4 is 16.6 Å². The second-order valence-electron chi connectivity index (χ2n) is 3.17. The van der Waals surface area contributed by atoms with Crippen LogP contribution in [-0.2, 0) is 10.8 Å². The summed E-state index contributed by atoms with van der Waals surface area (Å²) in [6, 6.07) is 6.71. The van der Waals surface area contributed by atoms with Gasteiger partial charge in [0.2, 0.25) is 0 Å². The minimum absolute atomic E-state index is 0.0618. The molecule has 1 rings (SSSR count). The van der Waals surface area contributed by atoms with Crippen molar-refractivity contribution in [1.29, 1.82) is 0 Å². The molecule has 5 heteroatoms. The van der Waals surface area contributed by atoms with Gasteiger partial charge in [0.25, 0.3) is 0 Å². The molecule has 0 fully saturated rings. The molecular formula is C11H14O4S. The first-order valence-corrected chi connectivity index (χ1v) is 6.29. The molecule has 1 N–H and O–H groups in total. The Hall–Kier alpha value is -1.20. The first-order chi connectivity index (χ1) is 7.67. The lowest BCUT2D eigenvalue weighted by atomic mass is 10.1. The Kier molecular flexibility index (Phi) is 5.14. The van der Waals surface area contributed by atoms with E-state index in [9.17, 15) is 9.00 Å². The molecule has 0 radical (unpaired) electrons. The molecule has 0 aliphatic rings. The van der Waals surface area contributed by atoms with Gasteiger partial charge in [-0.05, 0) is 12.1 Å². The van der Waals surface area contributed by atoms with Crippen molar-refractivity contribution in [3.8, 4) is 5.75 Å². The Morgan fingerprint density at radius 2 is 2.25 bits per heavy atom. The summed E-state index contributed by atoms with van der Waals surface area (Å²) >= 11 is 0. The highest BCUT2D eigenvalue weighted by molar-refractivity contribution is 7.85. The predicted molar refractivity (Wildman–Crippen MR) is 62.3 cm³/mol. The summed E-state index contributed by atoms with van der Waals surface area (Å²) in [5.74, 6) is 0.466. The number of aliphatic hydroxyl groups excluding tert-OH is 1. The lowest BCUT2D eigenvalue weighted by Crippen LogP contribution is -2.14. The van der Waals surface area contributed by atoms with Gasteiger partial charge in [0, 0.05) is 22.1 Å². The zero-order valence-electron chi connectivity index (χ0n) is 9.01. The highest BCUT2D eigenvalue weighted by Gasteiger charge is 2.10. The molecule has 4 nitrogen and oxygen atoms in total. The van der Waals surface area contributed by atoms with Crippen molar-refractivity contribution in [2.75, 3.05) is 25.2 Å². The summed E-state index contributed by atoms with van der Waals surface area (Å²) in [6.45, 7) is -0.169. The van der Waals surface area contributed by atoms with Gasteiger partial charge in [0.15, 0.2) is 5.78 Å². The van der Waals surface area contributed by atoms with E-state index in [1.165, 1.54) is 7.11 Å². The van der Waals surface area contributed by atoms with Gasteiger partial charge in [-0.25, -0.2) is 0 Å². The molecule has 0 saturated carbocycles. The van der Waals surface area contributed by atoms with Gasteiger partial charge in [0.05, 0.1) is 19.5 Å². The molecule has 0 heterocycles. The van der Waals surface area contributed by atoms with Crippen molar-refractivity contribution in [3.63, 3.8) is 0 Å². The SMILES string of the molecule is COc1cccc(C(=O)CS(=O)CCO)c1. The Morgan fingerprint density at radius 1 is 1.50 bits per heavy atom. The molecule has 0 spiro atoms. The standard InChI is InChI=1S/C11H14O4S/c1-15-10-4-2-3-9(7-10)11(13)8-16(14)6-5-12/h2-4,7,12H,5-6,8H2,1H3. The fourth-order valence-corrected chi connectivity index (χ4v) is 2.01. The Bertz CT molecular complexity index is 389. The van der Waals surface area contributed by atoms with Crippen LogP contribution in [0.15, 0.2) is 24.3 Å². The number of carbonyl (C=O) groups is 1. The second-order valence-corrected chi connectivity index (χ2v) is 4.74. The van der Waals surface area contributed by atoms with E-state index in [0.29, 0.717) is 11.3 Å². The molecule has 0 aromatic heterocycles. The molecule has 0 aliphatic heterocycles. The normalized spacial score (nSPS) is 12.1. The maximum atomic E-state index is 11.7. The number of carbonyl (C=O) groups excluding carboxylic acids is 1. The molecular weight excluding hydrogens is 228 g/mol. The van der Waals surface area contributed by atoms with E-state index in [1.807, 2.05) is 0 Å². The molecule has 1 aromatic rings. The van der Waals surface area contributed by atoms with Crippen molar-refractivity contribution in [2.24, 2.45) is 0 Å². The minimum atomic E-state index is -1.30. The summed E-state index contributed by atoms with van der Waals surface area (Å²) in [5.41, 5.74) is 0.477. The maximum Gasteiger partial charge on any atom is 0.175 e. The van der Waals surface area contributed by atoms with Crippen LogP contribution in [0.4, 0.5) is 0 Å². The van der Waals surface area contributed by atoms with Crippen LogP contribution in [0, 0.1) is 0 Å². The van der Waals surface area contributed by atoms with E-state index in [1.54, 1.807) is 24.3 Å². The monoisotopic (exact) mass is 242 g/mol. The number of ketones is 1. The Balaban J connectivity index is 2.69. The van der Waals surface area contributed by atoms with Gasteiger partial charge in [0.1, 0.15) is 5.75 Å². The Labute approximate surface area is 96.7 Å². The van der Waals surface area contributed by atoms with Gasteiger partial charge in [-0.1, -0.05) is 12.1 Å². The fraction of sp³-hybridized carbons (Fsp3) is 0.364. The highest BCUT2D eigenvalue weighted by atomic mass is 32.2. The molecule has 1 aromatic carbocycles. The molecule has 1 unspecified atom stereocenters. The van der Waals surface area contributed by atoms with E-state index < -0.39 is 10.8 Å². The van der Waals surface area contributed by atoms with Crippen molar-refractivity contribution in [3.05, 3.63) is 29.8 Å². The molecule has 1 atom stereocenters. The zero-order chi connectivity index (χ0) is 12.0. The summed E-state index contributed by atoms with van der Waals surface area (Å²) < 4.78 is 16.3. The second kappa shape index (κ2) is 6.40. The van der Waals surface area contributed by atoms with E-state index in [2.05, 4.69) is 0 Å². The Morgan fingerprint density at radius 3 is 2.88 bits per heavy atom. The first kappa shape index (κ1) is 12.9. The lowest BCUT2D eigenvalue weighted by Gasteiger charge is -2.03. The third kappa shape index (κ3) is 3.75. The van der Waals surface area contributed by atoms with Gasteiger partial charge < -0.3 is 9.84 Å². The topological polar surface area (TPSA) is 63.6 Å². The highest BCUT2D eigenvalue weighted by Crippen LogP contribution is 2.13. The summed E-state index contributed by atoms with van der Waals surface area (Å²) in [6.07, 6.45) is 0. The first-order valence-electron chi connectivity index (χ1n) is 4.80. The third-order valence-corrected chi connectivity index (χ3v) is 3.22. The smallest absolute Gasteiger partial charge is 0.175 e. The van der Waals surface area contributed by atoms with Crippen molar-refractivity contribution in [1.82, 2.24) is 0 Å². The van der Waals surface area contributed by atoms with Crippen molar-refractivity contribution < 1.29 is 18.8 Å². The van der Waals surface area contributed by atoms with Gasteiger partial charge in [-0.2, -0.15) is 0 Å². The van der Waals surface area contributed by atoms with Crippen molar-refractivity contribution in [2.45, 2.75) is 0 Å². The van der Waals surface area contributed by atoms with Crippen LogP contribution in [-0.4, -0.2) is 40.3 Å². The van der Waals surface area contributed by atoms with Crippen LogP contribution in [0.2, 0.25) is 0 Å². The molecule has 0 bridgehead atoms. The average Bonchev–Trinajstić information content (AvgIpc) is 2.29. The summed E-state index contributed by atoms with van der Waals surface area (Å²) in [7, 11) is 0.222. The number of hydrogen-bond acceptors (Lipinski definition) is 4. The fourth-order valence-electron chi connectivity index (χ4n) is 1.20. The quantitative estimate of drug-likeness (QED) is 0.743. The lowest BCUT2D eigenvalue weighted by molar-refractivity contribution is 0.102. The van der Waals surface area contributed by atoms with E-state index in [0.717, 1.165) is 0 Å². The molecule has 88 valence electrons.